The fraction of sp³-hybridized carbons (Fsp3) is 0.333. The number of ether oxygens (including phenoxy) is 3. The predicted molar refractivity (Wildman–Crippen MR) is 175 cm³/mol. The molecule has 0 spiro atoms. The lowest BCUT2D eigenvalue weighted by Gasteiger charge is -2.26. The van der Waals surface area contributed by atoms with Gasteiger partial charge < -0.3 is 24.8 Å². The van der Waals surface area contributed by atoms with Gasteiger partial charge in [0.2, 0.25) is 0 Å². The number of anilines is 3. The molecule has 1 saturated heterocycles. The molecule has 0 radical (unpaired) electrons. The van der Waals surface area contributed by atoms with Crippen molar-refractivity contribution >= 4 is 55.0 Å². The van der Waals surface area contributed by atoms with Gasteiger partial charge in [-0.05, 0) is 62.6 Å². The van der Waals surface area contributed by atoms with Gasteiger partial charge >= 0.3 is 0 Å². The number of aromatic nitrogens is 3. The number of carbonyl (C=O) groups excluding carboxylic acids is 1. The van der Waals surface area contributed by atoms with Crippen LogP contribution in [0.3, 0.4) is 0 Å². The quantitative estimate of drug-likeness (QED) is 0.176. The average Bonchev–Trinajstić information content (AvgIpc) is 3.43. The first-order chi connectivity index (χ1) is 21.4. The van der Waals surface area contributed by atoms with Gasteiger partial charge in [-0.1, -0.05) is 29.0 Å². The van der Waals surface area contributed by atoms with E-state index in [4.69, 9.17) is 19.2 Å². The summed E-state index contributed by atoms with van der Waals surface area (Å²) in [4.78, 5) is 29.2. The van der Waals surface area contributed by atoms with Crippen LogP contribution >= 0.6 is 11.3 Å². The van der Waals surface area contributed by atoms with Gasteiger partial charge in [0.05, 0.1) is 42.7 Å². The lowest BCUT2D eigenvalue weighted by atomic mass is 10.0. The second-order valence-corrected chi connectivity index (χ2v) is 12.0. The van der Waals surface area contributed by atoms with Gasteiger partial charge in [0.25, 0.3) is 5.91 Å². The fourth-order valence-corrected chi connectivity index (χ4v) is 6.42. The number of fused-ring (bicyclic) bond motifs is 2. The molecule has 0 bridgehead atoms. The summed E-state index contributed by atoms with van der Waals surface area (Å²) in [7, 11) is 1.63. The highest BCUT2D eigenvalue weighted by molar-refractivity contribution is 7.22. The molecule has 3 aromatic carbocycles. The van der Waals surface area contributed by atoms with Crippen molar-refractivity contribution in [3.8, 4) is 11.5 Å². The topological polar surface area (TPSA) is 111 Å². The largest absolute Gasteiger partial charge is 0.493 e. The lowest BCUT2D eigenvalue weighted by molar-refractivity contribution is 0.0357. The number of aryl methyl sites for hydroxylation is 3. The number of amides is 1. The number of thiazole rings is 1. The van der Waals surface area contributed by atoms with E-state index in [-0.39, 0.29) is 5.91 Å². The maximum absolute atomic E-state index is 13.1. The smallest absolute Gasteiger partial charge is 0.255 e. The van der Waals surface area contributed by atoms with E-state index in [0.29, 0.717) is 34.6 Å². The Morgan fingerprint density at radius 3 is 2.57 bits per heavy atom. The van der Waals surface area contributed by atoms with Crippen molar-refractivity contribution in [3.05, 3.63) is 71.0 Å². The molecule has 0 atom stereocenters. The Morgan fingerprint density at radius 2 is 1.80 bits per heavy atom. The molecule has 1 fully saturated rings. The lowest BCUT2D eigenvalue weighted by Crippen LogP contribution is -2.37. The van der Waals surface area contributed by atoms with Crippen LogP contribution in [-0.2, 0) is 4.74 Å². The van der Waals surface area contributed by atoms with E-state index in [0.717, 1.165) is 77.2 Å². The third kappa shape index (κ3) is 6.59. The summed E-state index contributed by atoms with van der Waals surface area (Å²) in [5.41, 5.74) is 6.19. The van der Waals surface area contributed by atoms with Crippen molar-refractivity contribution in [1.29, 1.82) is 0 Å². The number of nitrogens with one attached hydrogen (secondary N) is 2. The molecule has 228 valence electrons. The summed E-state index contributed by atoms with van der Waals surface area (Å²) in [6.07, 6.45) is 2.42. The summed E-state index contributed by atoms with van der Waals surface area (Å²) in [5.74, 6) is 1.71. The Labute approximate surface area is 260 Å². The Hall–Kier alpha value is -4.32. The van der Waals surface area contributed by atoms with Gasteiger partial charge in [0.1, 0.15) is 12.1 Å². The first kappa shape index (κ1) is 29.7. The number of benzene rings is 3. The monoisotopic (exact) mass is 612 g/mol. The highest BCUT2D eigenvalue weighted by Crippen LogP contribution is 2.36. The zero-order valence-electron chi connectivity index (χ0n) is 25.4. The number of hydrogen-bond donors (Lipinski definition) is 2. The van der Waals surface area contributed by atoms with Gasteiger partial charge in [-0.25, -0.2) is 15.0 Å². The summed E-state index contributed by atoms with van der Waals surface area (Å²) < 4.78 is 18.1. The van der Waals surface area contributed by atoms with E-state index in [9.17, 15) is 4.79 Å². The first-order valence-corrected chi connectivity index (χ1v) is 15.5. The maximum atomic E-state index is 13.1. The molecule has 10 nitrogen and oxygen atoms in total. The maximum Gasteiger partial charge on any atom is 0.255 e. The van der Waals surface area contributed by atoms with Crippen LogP contribution in [0.4, 0.5) is 16.6 Å². The molecular formula is C33H36N6O4S. The van der Waals surface area contributed by atoms with Gasteiger partial charge in [-0.3, -0.25) is 9.69 Å². The second-order valence-electron chi connectivity index (χ2n) is 11.0. The zero-order chi connectivity index (χ0) is 30.6. The Balaban J connectivity index is 1.17. The van der Waals surface area contributed by atoms with Crippen LogP contribution in [0.15, 0.2) is 48.8 Å². The Bertz CT molecular complexity index is 1790. The first-order valence-electron chi connectivity index (χ1n) is 14.7. The van der Waals surface area contributed by atoms with Gasteiger partial charge in [0, 0.05) is 42.3 Å². The number of carbonyl (C=O) groups is 1. The van der Waals surface area contributed by atoms with Crippen LogP contribution in [0.1, 0.15) is 33.5 Å². The zero-order valence-corrected chi connectivity index (χ0v) is 26.2. The molecule has 11 heteroatoms. The van der Waals surface area contributed by atoms with Crippen molar-refractivity contribution in [2.45, 2.75) is 27.2 Å². The Morgan fingerprint density at radius 1 is 1.00 bits per heavy atom. The molecular weight excluding hydrogens is 576 g/mol. The van der Waals surface area contributed by atoms with Crippen LogP contribution in [0.2, 0.25) is 0 Å². The molecule has 2 aromatic heterocycles. The average molecular weight is 613 g/mol. The van der Waals surface area contributed by atoms with Crippen LogP contribution in [0.5, 0.6) is 11.5 Å². The van der Waals surface area contributed by atoms with E-state index in [1.165, 1.54) is 23.2 Å². The van der Waals surface area contributed by atoms with E-state index < -0.39 is 0 Å². The molecule has 6 rings (SSSR count). The fourth-order valence-electron chi connectivity index (χ4n) is 5.51. The molecule has 0 aliphatic carbocycles. The van der Waals surface area contributed by atoms with Crippen molar-refractivity contribution in [2.24, 2.45) is 0 Å². The molecule has 1 amide bonds. The highest BCUT2D eigenvalue weighted by atomic mass is 32.1. The standard InChI is InChI=1S/C33H36N6O4S/c1-20-14-21(2)30(22(3)15-20)37-32(40)23-6-7-25-29(16-23)44-33(36-25)38-31-24-17-27(41-4)28(18-26(24)34-19-35-31)43-11-5-8-39-9-12-42-13-10-39/h6-7,14-19H,5,8-13H2,1-4H3,(H,37,40)(H,34,35,36,38). The molecule has 1 aliphatic heterocycles. The highest BCUT2D eigenvalue weighted by Gasteiger charge is 2.16. The van der Waals surface area contributed by atoms with E-state index in [1.807, 2.05) is 38.1 Å². The van der Waals surface area contributed by atoms with Gasteiger partial charge in [0.15, 0.2) is 16.6 Å². The molecule has 0 unspecified atom stereocenters. The Kier molecular flexibility index (Phi) is 8.87. The van der Waals surface area contributed by atoms with E-state index >= 15 is 0 Å². The number of methoxy groups -OCH3 is 1. The third-order valence-corrected chi connectivity index (χ3v) is 8.63. The summed E-state index contributed by atoms with van der Waals surface area (Å²) in [6.45, 7) is 11.1. The molecule has 0 saturated carbocycles. The predicted octanol–water partition coefficient (Wildman–Crippen LogP) is 6.27. The second kappa shape index (κ2) is 13.1. The van der Waals surface area contributed by atoms with Crippen molar-refractivity contribution < 1.29 is 19.0 Å². The molecule has 1 aliphatic rings. The number of hydrogen-bond acceptors (Lipinski definition) is 10. The van der Waals surface area contributed by atoms with Crippen LogP contribution in [-0.4, -0.2) is 72.3 Å². The van der Waals surface area contributed by atoms with E-state index in [1.54, 1.807) is 13.2 Å². The van der Waals surface area contributed by atoms with Crippen molar-refractivity contribution in [2.75, 3.05) is 57.2 Å². The van der Waals surface area contributed by atoms with E-state index in [2.05, 4.69) is 44.6 Å². The molecule has 5 aromatic rings. The van der Waals surface area contributed by atoms with Crippen molar-refractivity contribution in [3.63, 3.8) is 0 Å². The normalized spacial score (nSPS) is 13.7. The number of rotatable bonds is 10. The minimum atomic E-state index is -0.155. The molecule has 2 N–H and O–H groups in total. The van der Waals surface area contributed by atoms with Crippen LogP contribution in [0, 0.1) is 20.8 Å². The SMILES string of the molecule is COc1cc2c(Nc3nc4ccc(C(=O)Nc5c(C)cc(C)cc5C)cc4s3)ncnc2cc1OCCCN1CCOCC1. The van der Waals surface area contributed by atoms with Gasteiger partial charge in [-0.15, -0.1) is 0 Å². The van der Waals surface area contributed by atoms with Crippen molar-refractivity contribution in [1.82, 2.24) is 19.9 Å². The summed E-state index contributed by atoms with van der Waals surface area (Å²) >= 11 is 1.45. The summed E-state index contributed by atoms with van der Waals surface area (Å²) in [5, 5.41) is 7.87. The van der Waals surface area contributed by atoms with Crippen LogP contribution < -0.4 is 20.1 Å². The molecule has 44 heavy (non-hydrogen) atoms. The summed E-state index contributed by atoms with van der Waals surface area (Å²) in [6, 6.07) is 13.5. The minimum Gasteiger partial charge on any atom is -0.493 e. The van der Waals surface area contributed by atoms with Crippen LogP contribution in [0.25, 0.3) is 21.1 Å². The molecule has 3 heterocycles. The minimum absolute atomic E-state index is 0.155. The number of morpholine rings is 1. The third-order valence-electron chi connectivity index (χ3n) is 7.69. The van der Waals surface area contributed by atoms with Gasteiger partial charge in [-0.2, -0.15) is 0 Å². The number of nitrogens with zero attached hydrogens (tertiary/aromatic N) is 4.